The number of aliphatic carboxylic acids is 1. The number of urea groups is 1. The molecule has 0 aliphatic carbocycles. The molecular formula is C12H12BrClN2O3. The summed E-state index contributed by atoms with van der Waals surface area (Å²) in [5, 5.41) is 11.8. The Bertz CT molecular complexity index is 508. The molecule has 1 aromatic carbocycles. The first kappa shape index (κ1) is 15.5. The Morgan fingerprint density at radius 2 is 2.21 bits per heavy atom. The van der Waals surface area contributed by atoms with E-state index in [4.69, 9.17) is 16.7 Å². The Hall–Kier alpha value is -1.53. The molecule has 0 aliphatic rings. The van der Waals surface area contributed by atoms with Crippen molar-refractivity contribution in [1.82, 2.24) is 4.90 Å². The maximum Gasteiger partial charge on any atom is 0.323 e. The number of amides is 2. The van der Waals surface area contributed by atoms with Gasteiger partial charge in [-0.25, -0.2) is 4.79 Å². The van der Waals surface area contributed by atoms with Gasteiger partial charge in [-0.2, -0.15) is 0 Å². The molecule has 7 heteroatoms. The lowest BCUT2D eigenvalue weighted by atomic mass is 10.3. The molecule has 0 aromatic heterocycles. The van der Waals surface area contributed by atoms with Gasteiger partial charge in [-0.15, -0.1) is 6.58 Å². The molecule has 0 radical (unpaired) electrons. The molecule has 5 nitrogen and oxygen atoms in total. The number of hydrogen-bond acceptors (Lipinski definition) is 2. The minimum atomic E-state index is -1.10. The van der Waals surface area contributed by atoms with Crippen molar-refractivity contribution in [2.75, 3.05) is 18.4 Å². The minimum Gasteiger partial charge on any atom is -0.480 e. The lowest BCUT2D eigenvalue weighted by molar-refractivity contribution is -0.137. The SMILES string of the molecule is C=CCN(CC(=O)O)C(=O)Nc1cc(Cl)ccc1Br. The lowest BCUT2D eigenvalue weighted by Crippen LogP contribution is -2.38. The number of carbonyl (C=O) groups is 2. The topological polar surface area (TPSA) is 69.6 Å². The van der Waals surface area contributed by atoms with E-state index in [0.29, 0.717) is 15.2 Å². The number of benzene rings is 1. The van der Waals surface area contributed by atoms with Crippen molar-refractivity contribution < 1.29 is 14.7 Å². The van der Waals surface area contributed by atoms with Crippen molar-refractivity contribution in [3.63, 3.8) is 0 Å². The summed E-state index contributed by atoms with van der Waals surface area (Å²) >= 11 is 9.10. The quantitative estimate of drug-likeness (QED) is 0.804. The van der Waals surface area contributed by atoms with Crippen LogP contribution in [0, 0.1) is 0 Å². The van der Waals surface area contributed by atoms with Crippen LogP contribution < -0.4 is 5.32 Å². The molecule has 19 heavy (non-hydrogen) atoms. The minimum absolute atomic E-state index is 0.135. The van der Waals surface area contributed by atoms with Crippen LogP contribution in [0.2, 0.25) is 5.02 Å². The summed E-state index contributed by atoms with van der Waals surface area (Å²) in [6, 6.07) is 4.38. The molecule has 1 rings (SSSR count). The fourth-order valence-corrected chi connectivity index (χ4v) is 1.84. The number of hydrogen-bond donors (Lipinski definition) is 2. The number of anilines is 1. The molecule has 0 fully saturated rings. The van der Waals surface area contributed by atoms with Crippen molar-refractivity contribution in [2.24, 2.45) is 0 Å². The van der Waals surface area contributed by atoms with Crippen LogP contribution in [-0.2, 0) is 4.79 Å². The van der Waals surface area contributed by atoms with Gasteiger partial charge in [0.25, 0.3) is 0 Å². The lowest BCUT2D eigenvalue weighted by Gasteiger charge is -2.20. The zero-order valence-corrected chi connectivity index (χ0v) is 12.2. The van der Waals surface area contributed by atoms with Crippen molar-refractivity contribution >= 4 is 45.2 Å². The van der Waals surface area contributed by atoms with Crippen LogP contribution >= 0.6 is 27.5 Å². The Morgan fingerprint density at radius 3 is 2.79 bits per heavy atom. The van der Waals surface area contributed by atoms with Crippen LogP contribution in [0.4, 0.5) is 10.5 Å². The zero-order valence-electron chi connectivity index (χ0n) is 9.90. The summed E-state index contributed by atoms with van der Waals surface area (Å²) in [6.07, 6.45) is 1.45. The van der Waals surface area contributed by atoms with E-state index in [9.17, 15) is 9.59 Å². The van der Waals surface area contributed by atoms with Gasteiger partial charge in [0.15, 0.2) is 0 Å². The molecular weight excluding hydrogens is 336 g/mol. The molecule has 2 N–H and O–H groups in total. The second-order valence-corrected chi connectivity index (χ2v) is 4.91. The number of rotatable bonds is 5. The summed E-state index contributed by atoms with van der Waals surface area (Å²) in [5.74, 6) is -1.10. The smallest absolute Gasteiger partial charge is 0.323 e. The molecule has 2 amide bonds. The monoisotopic (exact) mass is 346 g/mol. The second-order valence-electron chi connectivity index (χ2n) is 3.62. The summed E-state index contributed by atoms with van der Waals surface area (Å²) in [5.41, 5.74) is 0.469. The van der Waals surface area contributed by atoms with Gasteiger partial charge in [0.05, 0.1) is 5.69 Å². The zero-order chi connectivity index (χ0) is 14.4. The fraction of sp³-hybridized carbons (Fsp3) is 0.167. The average Bonchev–Trinajstić information content (AvgIpc) is 2.32. The Morgan fingerprint density at radius 1 is 1.53 bits per heavy atom. The van der Waals surface area contributed by atoms with E-state index in [1.54, 1.807) is 18.2 Å². The molecule has 0 saturated carbocycles. The molecule has 0 atom stereocenters. The molecule has 0 aliphatic heterocycles. The Kier molecular flexibility index (Phi) is 5.85. The van der Waals surface area contributed by atoms with Crippen molar-refractivity contribution in [3.8, 4) is 0 Å². The molecule has 1 aromatic rings. The third-order valence-electron chi connectivity index (χ3n) is 2.13. The van der Waals surface area contributed by atoms with E-state index >= 15 is 0 Å². The summed E-state index contributed by atoms with van der Waals surface area (Å²) in [7, 11) is 0. The van der Waals surface area contributed by atoms with Crippen LogP contribution in [0.1, 0.15) is 0 Å². The van der Waals surface area contributed by atoms with E-state index in [2.05, 4.69) is 27.8 Å². The third kappa shape index (κ3) is 4.92. The summed E-state index contributed by atoms with van der Waals surface area (Å²) in [4.78, 5) is 23.7. The van der Waals surface area contributed by atoms with E-state index in [1.165, 1.54) is 6.08 Å². The van der Waals surface area contributed by atoms with Gasteiger partial charge in [0.1, 0.15) is 6.54 Å². The van der Waals surface area contributed by atoms with Gasteiger partial charge in [-0.1, -0.05) is 17.7 Å². The van der Waals surface area contributed by atoms with Crippen molar-refractivity contribution in [2.45, 2.75) is 0 Å². The van der Waals surface area contributed by atoms with Gasteiger partial charge >= 0.3 is 12.0 Å². The number of nitrogens with one attached hydrogen (secondary N) is 1. The second kappa shape index (κ2) is 7.16. The van der Waals surface area contributed by atoms with E-state index in [1.807, 2.05) is 0 Å². The van der Waals surface area contributed by atoms with Crippen LogP contribution in [0.25, 0.3) is 0 Å². The maximum atomic E-state index is 11.9. The maximum absolute atomic E-state index is 11.9. The average molecular weight is 348 g/mol. The largest absolute Gasteiger partial charge is 0.480 e. The number of carbonyl (C=O) groups excluding carboxylic acids is 1. The molecule has 0 spiro atoms. The summed E-state index contributed by atoms with van der Waals surface area (Å²) in [6.45, 7) is 3.21. The van der Waals surface area contributed by atoms with Crippen LogP contribution in [0.5, 0.6) is 0 Å². The van der Waals surface area contributed by atoms with E-state index in [0.717, 1.165) is 4.90 Å². The number of halogens is 2. The first-order valence-electron chi connectivity index (χ1n) is 5.27. The van der Waals surface area contributed by atoms with Gasteiger partial charge in [0, 0.05) is 16.0 Å². The molecule has 0 heterocycles. The molecule has 102 valence electrons. The van der Waals surface area contributed by atoms with Crippen LogP contribution in [-0.4, -0.2) is 35.1 Å². The van der Waals surface area contributed by atoms with Crippen LogP contribution in [0.15, 0.2) is 35.3 Å². The normalized spacial score (nSPS) is 9.79. The highest BCUT2D eigenvalue weighted by atomic mass is 79.9. The van der Waals surface area contributed by atoms with Gasteiger partial charge in [-0.05, 0) is 34.1 Å². The number of nitrogens with zero attached hydrogens (tertiary/aromatic N) is 1. The van der Waals surface area contributed by atoms with Crippen molar-refractivity contribution in [1.29, 1.82) is 0 Å². The molecule has 0 bridgehead atoms. The predicted molar refractivity (Wildman–Crippen MR) is 77.6 cm³/mol. The highest BCUT2D eigenvalue weighted by Gasteiger charge is 2.16. The molecule has 0 saturated heterocycles. The van der Waals surface area contributed by atoms with Crippen molar-refractivity contribution in [3.05, 3.63) is 40.3 Å². The van der Waals surface area contributed by atoms with Gasteiger partial charge < -0.3 is 15.3 Å². The standard InChI is InChI=1S/C12H12BrClN2O3/c1-2-5-16(7-11(17)18)12(19)15-10-6-8(14)3-4-9(10)13/h2-4,6H,1,5,7H2,(H,15,19)(H,17,18). The highest BCUT2D eigenvalue weighted by molar-refractivity contribution is 9.10. The van der Waals surface area contributed by atoms with Crippen LogP contribution in [0.3, 0.4) is 0 Å². The van der Waals surface area contributed by atoms with E-state index < -0.39 is 18.5 Å². The fourth-order valence-electron chi connectivity index (χ4n) is 1.33. The van der Waals surface area contributed by atoms with E-state index in [-0.39, 0.29) is 6.54 Å². The first-order chi connectivity index (χ1) is 8.93. The summed E-state index contributed by atoms with van der Waals surface area (Å²) < 4.78 is 0.652. The number of carboxylic acids is 1. The molecule has 0 unspecified atom stereocenters. The Balaban J connectivity index is 2.83. The van der Waals surface area contributed by atoms with Gasteiger partial charge in [0.2, 0.25) is 0 Å². The Labute approximate surface area is 124 Å². The predicted octanol–water partition coefficient (Wildman–Crippen LogP) is 3.21. The highest BCUT2D eigenvalue weighted by Crippen LogP contribution is 2.26. The van der Waals surface area contributed by atoms with Gasteiger partial charge in [-0.3, -0.25) is 4.79 Å². The number of carboxylic acid groups (broad SMARTS) is 1. The first-order valence-corrected chi connectivity index (χ1v) is 6.44. The third-order valence-corrected chi connectivity index (χ3v) is 3.06.